The van der Waals surface area contributed by atoms with Crippen molar-refractivity contribution in [1.29, 1.82) is 0 Å². The van der Waals surface area contributed by atoms with Gasteiger partial charge >= 0.3 is 0 Å². The molecule has 0 amide bonds. The van der Waals surface area contributed by atoms with Gasteiger partial charge in [-0.05, 0) is 35.2 Å². The topological polar surface area (TPSA) is 43.6 Å². The first-order chi connectivity index (χ1) is 13.3. The Morgan fingerprint density at radius 2 is 1.48 bits per heavy atom. The zero-order valence-electron chi connectivity index (χ0n) is 15.6. The number of benzene rings is 3. The minimum atomic E-state index is 0.0824. The van der Waals surface area contributed by atoms with Crippen molar-refractivity contribution < 1.29 is 0 Å². The Labute approximate surface area is 159 Å². The van der Waals surface area contributed by atoms with Gasteiger partial charge in [-0.3, -0.25) is 0 Å². The largest absolute Gasteiger partial charge is 0.205 e. The predicted octanol–water partition coefficient (Wildman–Crippen LogP) is 5.31. The molecule has 0 spiro atoms. The molecule has 27 heavy (non-hydrogen) atoms. The van der Waals surface area contributed by atoms with Crippen molar-refractivity contribution in [2.45, 2.75) is 26.3 Å². The smallest absolute Gasteiger partial charge is 0.156 e. The summed E-state index contributed by atoms with van der Waals surface area (Å²) in [5.74, 6) is 0.653. The van der Waals surface area contributed by atoms with Gasteiger partial charge in [0.25, 0.3) is 0 Å². The molecule has 4 nitrogen and oxygen atoms in total. The summed E-state index contributed by atoms with van der Waals surface area (Å²) < 4.78 is 0. The van der Waals surface area contributed by atoms with Crippen LogP contribution in [0.4, 0.5) is 0 Å². The van der Waals surface area contributed by atoms with E-state index in [2.05, 4.69) is 72.7 Å². The third kappa shape index (κ3) is 3.51. The highest BCUT2D eigenvalue weighted by Gasteiger charge is 2.17. The standard InChI is InChI=1S/C23H22N4/c1-3-22(19-9-5-4-6-10-19)27-25-23(24-26-27)21-12-8-7-11-20(21)18-15-13-17(2)14-16-18/h4-16,22H,3H2,1-2H3. The summed E-state index contributed by atoms with van der Waals surface area (Å²) in [6, 6.07) is 27.2. The van der Waals surface area contributed by atoms with Gasteiger partial charge in [0.15, 0.2) is 0 Å². The summed E-state index contributed by atoms with van der Waals surface area (Å²) in [7, 11) is 0. The first-order valence-electron chi connectivity index (χ1n) is 9.27. The fourth-order valence-electron chi connectivity index (χ4n) is 3.34. The van der Waals surface area contributed by atoms with Gasteiger partial charge in [-0.1, -0.05) is 91.3 Å². The molecule has 134 valence electrons. The van der Waals surface area contributed by atoms with E-state index in [1.165, 1.54) is 11.1 Å². The maximum atomic E-state index is 4.73. The lowest BCUT2D eigenvalue weighted by molar-refractivity contribution is 0.440. The van der Waals surface area contributed by atoms with Gasteiger partial charge in [-0.2, -0.15) is 4.80 Å². The highest BCUT2D eigenvalue weighted by molar-refractivity contribution is 5.80. The molecule has 0 bridgehead atoms. The maximum absolute atomic E-state index is 4.73. The lowest BCUT2D eigenvalue weighted by Gasteiger charge is -2.13. The second-order valence-corrected chi connectivity index (χ2v) is 6.68. The Morgan fingerprint density at radius 1 is 0.815 bits per heavy atom. The lowest BCUT2D eigenvalue weighted by Crippen LogP contribution is -2.13. The molecular weight excluding hydrogens is 332 g/mol. The van der Waals surface area contributed by atoms with Crippen LogP contribution in [-0.2, 0) is 0 Å². The molecule has 1 atom stereocenters. The first-order valence-corrected chi connectivity index (χ1v) is 9.27. The highest BCUT2D eigenvalue weighted by Crippen LogP contribution is 2.30. The van der Waals surface area contributed by atoms with Crippen molar-refractivity contribution in [1.82, 2.24) is 20.2 Å². The van der Waals surface area contributed by atoms with Crippen LogP contribution in [0.1, 0.15) is 30.5 Å². The van der Waals surface area contributed by atoms with Crippen molar-refractivity contribution in [3.63, 3.8) is 0 Å². The second kappa shape index (κ2) is 7.54. The molecule has 1 heterocycles. The lowest BCUT2D eigenvalue weighted by atomic mass is 9.98. The minimum Gasteiger partial charge on any atom is -0.156 e. The van der Waals surface area contributed by atoms with E-state index in [0.717, 1.165) is 23.1 Å². The first kappa shape index (κ1) is 17.2. The normalized spacial score (nSPS) is 12.1. The van der Waals surface area contributed by atoms with Crippen molar-refractivity contribution in [2.24, 2.45) is 0 Å². The van der Waals surface area contributed by atoms with Crippen LogP contribution in [0.15, 0.2) is 78.9 Å². The molecule has 4 rings (SSSR count). The number of tetrazole rings is 1. The van der Waals surface area contributed by atoms with Crippen LogP contribution in [0.25, 0.3) is 22.5 Å². The number of aromatic nitrogens is 4. The second-order valence-electron chi connectivity index (χ2n) is 6.68. The van der Waals surface area contributed by atoms with E-state index in [1.807, 2.05) is 30.3 Å². The SMILES string of the molecule is CCC(c1ccccc1)n1nnc(-c2ccccc2-c2ccc(C)cc2)n1. The number of rotatable bonds is 5. The van der Waals surface area contributed by atoms with E-state index in [0.29, 0.717) is 5.82 Å². The zero-order valence-corrected chi connectivity index (χ0v) is 15.6. The molecule has 1 aromatic heterocycles. The van der Waals surface area contributed by atoms with Crippen molar-refractivity contribution in [3.8, 4) is 22.5 Å². The van der Waals surface area contributed by atoms with Crippen molar-refractivity contribution in [3.05, 3.63) is 90.0 Å². The Bertz CT molecular complexity index is 1020. The number of nitrogens with zero attached hydrogens (tertiary/aromatic N) is 4. The maximum Gasteiger partial charge on any atom is 0.205 e. The summed E-state index contributed by atoms with van der Waals surface area (Å²) in [5.41, 5.74) is 5.70. The molecule has 1 unspecified atom stereocenters. The quantitative estimate of drug-likeness (QED) is 0.487. The van der Waals surface area contributed by atoms with Crippen LogP contribution < -0.4 is 0 Å². The van der Waals surface area contributed by atoms with E-state index in [-0.39, 0.29) is 6.04 Å². The Kier molecular flexibility index (Phi) is 4.79. The van der Waals surface area contributed by atoms with Gasteiger partial charge in [0, 0.05) is 5.56 Å². The van der Waals surface area contributed by atoms with E-state index in [1.54, 1.807) is 4.80 Å². The van der Waals surface area contributed by atoms with Gasteiger partial charge in [-0.15, -0.1) is 10.2 Å². The van der Waals surface area contributed by atoms with Crippen LogP contribution >= 0.6 is 0 Å². The number of aryl methyl sites for hydroxylation is 1. The van der Waals surface area contributed by atoms with Crippen LogP contribution in [0, 0.1) is 6.92 Å². The Morgan fingerprint density at radius 3 is 2.19 bits per heavy atom. The molecule has 0 saturated heterocycles. The average Bonchev–Trinajstić information content (AvgIpc) is 3.20. The molecule has 0 aliphatic rings. The van der Waals surface area contributed by atoms with Gasteiger partial charge in [-0.25, -0.2) is 0 Å². The monoisotopic (exact) mass is 354 g/mol. The summed E-state index contributed by atoms with van der Waals surface area (Å²) in [6.45, 7) is 4.23. The molecule has 0 fully saturated rings. The highest BCUT2D eigenvalue weighted by atomic mass is 15.6. The van der Waals surface area contributed by atoms with Gasteiger partial charge < -0.3 is 0 Å². The third-order valence-corrected chi connectivity index (χ3v) is 4.81. The predicted molar refractivity (Wildman–Crippen MR) is 108 cm³/mol. The van der Waals surface area contributed by atoms with Crippen molar-refractivity contribution in [2.75, 3.05) is 0 Å². The van der Waals surface area contributed by atoms with Gasteiger partial charge in [0.05, 0.1) is 6.04 Å². The Hall–Kier alpha value is -3.27. The van der Waals surface area contributed by atoms with Gasteiger partial charge in [0.2, 0.25) is 5.82 Å². The summed E-state index contributed by atoms with van der Waals surface area (Å²) in [4.78, 5) is 1.73. The van der Waals surface area contributed by atoms with Crippen LogP contribution in [0.3, 0.4) is 0 Å². The molecule has 0 aliphatic heterocycles. The summed E-state index contributed by atoms with van der Waals surface area (Å²) >= 11 is 0. The summed E-state index contributed by atoms with van der Waals surface area (Å²) in [6.07, 6.45) is 0.902. The molecule has 0 N–H and O–H groups in total. The molecule has 4 heteroatoms. The fourth-order valence-corrected chi connectivity index (χ4v) is 3.34. The zero-order chi connectivity index (χ0) is 18.6. The molecule has 3 aromatic carbocycles. The molecule has 0 aliphatic carbocycles. The minimum absolute atomic E-state index is 0.0824. The van der Waals surface area contributed by atoms with Crippen LogP contribution in [-0.4, -0.2) is 20.2 Å². The molecule has 0 saturated carbocycles. The number of hydrogen-bond donors (Lipinski definition) is 0. The van der Waals surface area contributed by atoms with Crippen molar-refractivity contribution >= 4 is 0 Å². The molecular formula is C23H22N4. The van der Waals surface area contributed by atoms with E-state index in [9.17, 15) is 0 Å². The third-order valence-electron chi connectivity index (χ3n) is 4.81. The van der Waals surface area contributed by atoms with E-state index >= 15 is 0 Å². The van der Waals surface area contributed by atoms with E-state index in [4.69, 9.17) is 5.10 Å². The fraction of sp³-hybridized carbons (Fsp3) is 0.174. The Balaban J connectivity index is 1.73. The van der Waals surface area contributed by atoms with Crippen LogP contribution in [0.2, 0.25) is 0 Å². The van der Waals surface area contributed by atoms with Crippen LogP contribution in [0.5, 0.6) is 0 Å². The molecule has 4 aromatic rings. The number of hydrogen-bond acceptors (Lipinski definition) is 3. The van der Waals surface area contributed by atoms with E-state index < -0.39 is 0 Å². The van der Waals surface area contributed by atoms with Gasteiger partial charge in [0.1, 0.15) is 0 Å². The summed E-state index contributed by atoms with van der Waals surface area (Å²) in [5, 5.41) is 13.5. The molecule has 0 radical (unpaired) electrons. The average molecular weight is 354 g/mol.